The molecule has 1 amide bonds. The number of likely N-dealkylation sites (tertiary alicyclic amines) is 1. The van der Waals surface area contributed by atoms with Crippen molar-refractivity contribution in [2.24, 2.45) is 5.92 Å². The molecule has 100 valence electrons. The predicted octanol–water partition coefficient (Wildman–Crippen LogP) is -0.0987. The molecule has 6 nitrogen and oxygen atoms in total. The summed E-state index contributed by atoms with van der Waals surface area (Å²) in [6, 6.07) is 1.86. The highest BCUT2D eigenvalue weighted by Crippen LogP contribution is 2.17. The fraction of sp³-hybridized carbons (Fsp3) is 0.750. The molecule has 1 fully saturated rings. The van der Waals surface area contributed by atoms with E-state index in [0.717, 1.165) is 19.4 Å². The molecule has 0 radical (unpaired) electrons. The fourth-order valence-corrected chi connectivity index (χ4v) is 2.05. The summed E-state index contributed by atoms with van der Waals surface area (Å²) in [7, 11) is 0. The van der Waals surface area contributed by atoms with E-state index in [9.17, 15) is 9.59 Å². The number of nitriles is 1. The van der Waals surface area contributed by atoms with Crippen molar-refractivity contribution in [3.8, 4) is 6.07 Å². The molecule has 18 heavy (non-hydrogen) atoms. The lowest BCUT2D eigenvalue weighted by Gasteiger charge is -2.30. The predicted molar refractivity (Wildman–Crippen MR) is 64.4 cm³/mol. The van der Waals surface area contributed by atoms with Gasteiger partial charge >= 0.3 is 5.97 Å². The van der Waals surface area contributed by atoms with Gasteiger partial charge in [-0.05, 0) is 26.3 Å². The molecular weight excluding hydrogens is 234 g/mol. The molecule has 0 spiro atoms. The molecular formula is C12H19N3O3. The Morgan fingerprint density at radius 3 is 3.00 bits per heavy atom. The van der Waals surface area contributed by atoms with Gasteiger partial charge in [-0.3, -0.25) is 14.5 Å². The average molecular weight is 253 g/mol. The van der Waals surface area contributed by atoms with Crippen LogP contribution in [0.2, 0.25) is 0 Å². The van der Waals surface area contributed by atoms with Gasteiger partial charge in [0.2, 0.25) is 5.91 Å². The minimum absolute atomic E-state index is 0.0218. The third-order valence-corrected chi connectivity index (χ3v) is 2.86. The van der Waals surface area contributed by atoms with Gasteiger partial charge in [0.15, 0.2) is 0 Å². The van der Waals surface area contributed by atoms with Gasteiger partial charge in [-0.15, -0.1) is 0 Å². The van der Waals surface area contributed by atoms with Gasteiger partial charge in [0, 0.05) is 6.54 Å². The molecule has 1 aliphatic rings. The van der Waals surface area contributed by atoms with E-state index in [0.29, 0.717) is 13.2 Å². The maximum absolute atomic E-state index is 11.6. The van der Waals surface area contributed by atoms with Crippen LogP contribution in [-0.2, 0) is 14.3 Å². The number of rotatable bonds is 5. The van der Waals surface area contributed by atoms with Crippen molar-refractivity contribution in [1.29, 1.82) is 5.26 Å². The fourth-order valence-electron chi connectivity index (χ4n) is 2.05. The van der Waals surface area contributed by atoms with Crippen LogP contribution in [0.25, 0.3) is 0 Å². The second-order valence-corrected chi connectivity index (χ2v) is 4.26. The second kappa shape index (κ2) is 7.67. The highest BCUT2D eigenvalue weighted by Gasteiger charge is 2.27. The Kier molecular flexibility index (Phi) is 6.15. The van der Waals surface area contributed by atoms with Crippen molar-refractivity contribution in [2.45, 2.75) is 19.8 Å². The summed E-state index contributed by atoms with van der Waals surface area (Å²) in [4.78, 5) is 25.0. The summed E-state index contributed by atoms with van der Waals surface area (Å²) >= 11 is 0. The van der Waals surface area contributed by atoms with Crippen molar-refractivity contribution < 1.29 is 14.3 Å². The van der Waals surface area contributed by atoms with Crippen LogP contribution >= 0.6 is 0 Å². The first-order valence-corrected chi connectivity index (χ1v) is 6.20. The summed E-state index contributed by atoms with van der Waals surface area (Å²) in [6.45, 7) is 3.78. The number of ether oxygens (including phenoxy) is 1. The van der Waals surface area contributed by atoms with Crippen LogP contribution in [-0.4, -0.2) is 49.6 Å². The van der Waals surface area contributed by atoms with Crippen molar-refractivity contribution in [1.82, 2.24) is 10.2 Å². The van der Waals surface area contributed by atoms with Gasteiger partial charge in [-0.1, -0.05) is 0 Å². The number of amides is 1. The highest BCUT2D eigenvalue weighted by atomic mass is 16.5. The lowest BCUT2D eigenvalue weighted by Crippen LogP contribution is -2.44. The lowest BCUT2D eigenvalue weighted by atomic mass is 9.98. The maximum atomic E-state index is 11.6. The molecule has 1 atom stereocenters. The third-order valence-electron chi connectivity index (χ3n) is 2.86. The standard InChI is InChI=1S/C12H19N3O3/c1-2-18-12(17)10-4-3-7-15(8-10)9-11(16)14-6-5-13/h10H,2-4,6-9H2,1H3,(H,14,16). The number of hydrogen-bond donors (Lipinski definition) is 1. The van der Waals surface area contributed by atoms with Gasteiger partial charge < -0.3 is 10.1 Å². The normalized spacial score (nSPS) is 19.9. The van der Waals surface area contributed by atoms with E-state index in [4.69, 9.17) is 10.00 Å². The molecule has 0 saturated carbocycles. The van der Waals surface area contributed by atoms with Gasteiger partial charge in [0.25, 0.3) is 0 Å². The number of piperidine rings is 1. The van der Waals surface area contributed by atoms with Crippen LogP contribution in [0.15, 0.2) is 0 Å². The van der Waals surface area contributed by atoms with Crippen molar-refractivity contribution in [2.75, 3.05) is 32.8 Å². The minimum Gasteiger partial charge on any atom is -0.466 e. The number of hydrogen-bond acceptors (Lipinski definition) is 5. The van der Waals surface area contributed by atoms with E-state index in [-0.39, 0.29) is 30.9 Å². The van der Waals surface area contributed by atoms with Crippen LogP contribution in [0.3, 0.4) is 0 Å². The Morgan fingerprint density at radius 1 is 1.56 bits per heavy atom. The van der Waals surface area contributed by atoms with Crippen LogP contribution in [0, 0.1) is 17.2 Å². The highest BCUT2D eigenvalue weighted by molar-refractivity contribution is 5.78. The van der Waals surface area contributed by atoms with Crippen molar-refractivity contribution in [3.63, 3.8) is 0 Å². The number of nitrogens with one attached hydrogen (secondary N) is 1. The van der Waals surface area contributed by atoms with Gasteiger partial charge in [0.1, 0.15) is 6.54 Å². The van der Waals surface area contributed by atoms with Gasteiger partial charge in [0.05, 0.1) is 25.1 Å². The molecule has 0 aromatic carbocycles. The summed E-state index contributed by atoms with van der Waals surface area (Å²) in [6.07, 6.45) is 1.70. The number of carbonyl (C=O) groups is 2. The second-order valence-electron chi connectivity index (χ2n) is 4.26. The van der Waals surface area contributed by atoms with Crippen molar-refractivity contribution >= 4 is 11.9 Å². The maximum Gasteiger partial charge on any atom is 0.310 e. The summed E-state index contributed by atoms with van der Waals surface area (Å²) in [5.41, 5.74) is 0. The summed E-state index contributed by atoms with van der Waals surface area (Å²) < 4.78 is 4.99. The van der Waals surface area contributed by atoms with Gasteiger partial charge in [-0.25, -0.2) is 0 Å². The van der Waals surface area contributed by atoms with Gasteiger partial charge in [-0.2, -0.15) is 5.26 Å². The number of esters is 1. The SMILES string of the molecule is CCOC(=O)C1CCCN(CC(=O)NCC#N)C1. The summed E-state index contributed by atoms with van der Waals surface area (Å²) in [5, 5.41) is 10.8. The molecule has 6 heteroatoms. The first kappa shape index (κ1) is 14.5. The third kappa shape index (κ3) is 4.72. The molecule has 0 aromatic rings. The smallest absolute Gasteiger partial charge is 0.310 e. The van der Waals surface area contributed by atoms with E-state index < -0.39 is 0 Å². The molecule has 1 aliphatic heterocycles. The Labute approximate surface area is 107 Å². The molecule has 0 aromatic heterocycles. The Hall–Kier alpha value is -1.61. The minimum atomic E-state index is -0.181. The van der Waals surface area contributed by atoms with E-state index in [2.05, 4.69) is 5.32 Å². The van der Waals surface area contributed by atoms with Crippen LogP contribution in [0.1, 0.15) is 19.8 Å². The van der Waals surface area contributed by atoms with E-state index in [1.54, 1.807) is 6.92 Å². The Balaban J connectivity index is 2.37. The molecule has 1 rings (SSSR count). The molecule has 0 aliphatic carbocycles. The van der Waals surface area contributed by atoms with E-state index >= 15 is 0 Å². The van der Waals surface area contributed by atoms with E-state index in [1.165, 1.54) is 0 Å². The number of nitrogens with zero attached hydrogens (tertiary/aromatic N) is 2. The molecule has 1 N–H and O–H groups in total. The Morgan fingerprint density at radius 2 is 2.33 bits per heavy atom. The van der Waals surface area contributed by atoms with Crippen LogP contribution < -0.4 is 5.32 Å². The average Bonchev–Trinajstić information content (AvgIpc) is 2.37. The first-order chi connectivity index (χ1) is 8.67. The lowest BCUT2D eigenvalue weighted by molar-refractivity contribution is -0.150. The van der Waals surface area contributed by atoms with E-state index in [1.807, 2.05) is 11.0 Å². The van der Waals surface area contributed by atoms with Crippen LogP contribution in [0.5, 0.6) is 0 Å². The molecule has 1 heterocycles. The molecule has 0 bridgehead atoms. The molecule has 1 unspecified atom stereocenters. The van der Waals surface area contributed by atoms with Crippen LogP contribution in [0.4, 0.5) is 0 Å². The zero-order valence-corrected chi connectivity index (χ0v) is 10.6. The zero-order valence-electron chi connectivity index (χ0n) is 10.6. The molecule has 1 saturated heterocycles. The monoisotopic (exact) mass is 253 g/mol. The number of carbonyl (C=O) groups excluding carboxylic acids is 2. The largest absolute Gasteiger partial charge is 0.466 e. The zero-order chi connectivity index (χ0) is 13.4. The topological polar surface area (TPSA) is 82.4 Å². The van der Waals surface area contributed by atoms with Crippen molar-refractivity contribution in [3.05, 3.63) is 0 Å². The quantitative estimate of drug-likeness (QED) is 0.546. The first-order valence-electron chi connectivity index (χ1n) is 6.20. The summed E-state index contributed by atoms with van der Waals surface area (Å²) in [5.74, 6) is -0.497. The Bertz CT molecular complexity index is 338.